The Hall–Kier alpha value is -2.01. The number of benzene rings is 1. The minimum Gasteiger partial charge on any atom is -0.494 e. The van der Waals surface area contributed by atoms with Gasteiger partial charge in [-0.3, -0.25) is 4.79 Å². The fraction of sp³-hybridized carbons (Fsp3) is 0.357. The molecule has 0 spiro atoms. The summed E-state index contributed by atoms with van der Waals surface area (Å²) in [5.74, 6) is -0.0504. The van der Waals surface area contributed by atoms with Crippen LogP contribution in [0.1, 0.15) is 11.1 Å². The second-order valence-electron chi connectivity index (χ2n) is 4.57. The zero-order chi connectivity index (χ0) is 13.1. The van der Waals surface area contributed by atoms with Gasteiger partial charge >= 0.3 is 0 Å². The molecule has 0 saturated heterocycles. The summed E-state index contributed by atoms with van der Waals surface area (Å²) in [5, 5.41) is 6.14. The molecular formula is C14H16N2O3. The van der Waals surface area contributed by atoms with Crippen LogP contribution in [0.4, 0.5) is 5.69 Å². The molecule has 5 nitrogen and oxygen atoms in total. The van der Waals surface area contributed by atoms with E-state index in [4.69, 9.17) is 9.47 Å². The van der Waals surface area contributed by atoms with Gasteiger partial charge in [-0.2, -0.15) is 0 Å². The van der Waals surface area contributed by atoms with Gasteiger partial charge in [0.1, 0.15) is 19.5 Å². The molecule has 2 aliphatic rings. The van der Waals surface area contributed by atoms with Crippen molar-refractivity contribution in [3.63, 3.8) is 0 Å². The highest BCUT2D eigenvalue weighted by atomic mass is 16.6. The second kappa shape index (κ2) is 5.32. The first kappa shape index (κ1) is 12.0. The summed E-state index contributed by atoms with van der Waals surface area (Å²) in [4.78, 5) is 11.9. The van der Waals surface area contributed by atoms with E-state index in [9.17, 15) is 4.79 Å². The minimum absolute atomic E-state index is 0.224. The van der Waals surface area contributed by atoms with Gasteiger partial charge in [-0.25, -0.2) is 0 Å². The third-order valence-corrected chi connectivity index (χ3v) is 3.22. The molecule has 0 aromatic heterocycles. The molecule has 0 fully saturated rings. The number of carbonyl (C=O) groups is 1. The van der Waals surface area contributed by atoms with Gasteiger partial charge in [0.25, 0.3) is 5.91 Å². The summed E-state index contributed by atoms with van der Waals surface area (Å²) < 4.78 is 10.3. The molecule has 3 rings (SSSR count). The molecule has 0 atom stereocenters. The SMILES string of the molecule is O=C(Nc1ccc2c(c1)CNCC2)C1=COCCO1. The average molecular weight is 260 g/mol. The maximum Gasteiger partial charge on any atom is 0.294 e. The topological polar surface area (TPSA) is 59.6 Å². The molecule has 2 heterocycles. The Kier molecular flexibility index (Phi) is 3.37. The largest absolute Gasteiger partial charge is 0.494 e. The fourth-order valence-corrected chi connectivity index (χ4v) is 2.24. The van der Waals surface area contributed by atoms with E-state index < -0.39 is 0 Å². The van der Waals surface area contributed by atoms with Crippen LogP contribution < -0.4 is 10.6 Å². The number of hydrogen-bond acceptors (Lipinski definition) is 4. The Labute approximate surface area is 111 Å². The van der Waals surface area contributed by atoms with Gasteiger partial charge in [0.15, 0.2) is 0 Å². The van der Waals surface area contributed by atoms with Crippen molar-refractivity contribution in [2.24, 2.45) is 0 Å². The number of amides is 1. The zero-order valence-electron chi connectivity index (χ0n) is 10.6. The number of hydrogen-bond donors (Lipinski definition) is 2. The van der Waals surface area contributed by atoms with Crippen LogP contribution in [0.2, 0.25) is 0 Å². The fourth-order valence-electron chi connectivity index (χ4n) is 2.24. The van der Waals surface area contributed by atoms with E-state index in [1.54, 1.807) is 0 Å². The van der Waals surface area contributed by atoms with E-state index in [0.29, 0.717) is 13.2 Å². The van der Waals surface area contributed by atoms with Crippen molar-refractivity contribution < 1.29 is 14.3 Å². The molecule has 0 saturated carbocycles. The Balaban J connectivity index is 1.72. The van der Waals surface area contributed by atoms with Gasteiger partial charge < -0.3 is 20.1 Å². The number of fused-ring (bicyclic) bond motifs is 1. The van der Waals surface area contributed by atoms with Crippen LogP contribution >= 0.6 is 0 Å². The smallest absolute Gasteiger partial charge is 0.294 e. The molecule has 0 unspecified atom stereocenters. The number of rotatable bonds is 2. The molecule has 2 aliphatic heterocycles. The molecule has 100 valence electrons. The van der Waals surface area contributed by atoms with Crippen molar-refractivity contribution in [1.82, 2.24) is 5.32 Å². The van der Waals surface area contributed by atoms with Crippen LogP contribution in [0, 0.1) is 0 Å². The third-order valence-electron chi connectivity index (χ3n) is 3.22. The summed E-state index contributed by atoms with van der Waals surface area (Å²) in [6.45, 7) is 2.76. The van der Waals surface area contributed by atoms with E-state index in [0.717, 1.165) is 25.2 Å². The lowest BCUT2D eigenvalue weighted by atomic mass is 10.0. The average Bonchev–Trinajstić information content (AvgIpc) is 2.48. The van der Waals surface area contributed by atoms with Gasteiger partial charge in [0, 0.05) is 12.2 Å². The summed E-state index contributed by atoms with van der Waals surface area (Å²) in [7, 11) is 0. The van der Waals surface area contributed by atoms with E-state index in [2.05, 4.69) is 16.7 Å². The van der Waals surface area contributed by atoms with Gasteiger partial charge in [-0.15, -0.1) is 0 Å². The first-order valence-electron chi connectivity index (χ1n) is 6.41. The third kappa shape index (κ3) is 2.71. The molecule has 19 heavy (non-hydrogen) atoms. The number of carbonyl (C=O) groups excluding carboxylic acids is 1. The molecule has 0 aliphatic carbocycles. The van der Waals surface area contributed by atoms with E-state index >= 15 is 0 Å². The van der Waals surface area contributed by atoms with Crippen LogP contribution in [0.3, 0.4) is 0 Å². The van der Waals surface area contributed by atoms with Gasteiger partial charge in [-0.05, 0) is 36.2 Å². The Bertz CT molecular complexity index is 525. The minimum atomic E-state index is -0.275. The Morgan fingerprint density at radius 1 is 1.26 bits per heavy atom. The maximum absolute atomic E-state index is 11.9. The quantitative estimate of drug-likeness (QED) is 0.837. The van der Waals surface area contributed by atoms with Crippen LogP contribution in [-0.2, 0) is 27.2 Å². The van der Waals surface area contributed by atoms with Crippen LogP contribution in [0.5, 0.6) is 0 Å². The lowest BCUT2D eigenvalue weighted by Crippen LogP contribution is -2.24. The van der Waals surface area contributed by atoms with Crippen molar-refractivity contribution in [3.8, 4) is 0 Å². The molecule has 1 amide bonds. The highest BCUT2D eigenvalue weighted by Crippen LogP contribution is 2.19. The number of ether oxygens (including phenoxy) is 2. The maximum atomic E-state index is 11.9. The normalized spacial score (nSPS) is 17.6. The van der Waals surface area contributed by atoms with Crippen LogP contribution in [-0.4, -0.2) is 25.7 Å². The van der Waals surface area contributed by atoms with Crippen LogP contribution in [0.15, 0.2) is 30.2 Å². The summed E-state index contributed by atoms with van der Waals surface area (Å²) in [6, 6.07) is 5.99. The standard InChI is InChI=1S/C14H16N2O3/c17-14(13-9-18-5-6-19-13)16-12-2-1-10-3-4-15-8-11(10)7-12/h1-2,7,9,15H,3-6,8H2,(H,16,17). The lowest BCUT2D eigenvalue weighted by molar-refractivity contribution is -0.117. The monoisotopic (exact) mass is 260 g/mol. The van der Waals surface area contributed by atoms with Crippen LogP contribution in [0.25, 0.3) is 0 Å². The molecule has 1 aromatic rings. The molecule has 1 aromatic carbocycles. The van der Waals surface area contributed by atoms with E-state index in [1.807, 2.05) is 12.1 Å². The summed E-state index contributed by atoms with van der Waals surface area (Å²) in [5.41, 5.74) is 3.36. The summed E-state index contributed by atoms with van der Waals surface area (Å²) >= 11 is 0. The van der Waals surface area contributed by atoms with Crippen molar-refractivity contribution in [2.75, 3.05) is 25.1 Å². The first-order valence-corrected chi connectivity index (χ1v) is 6.41. The van der Waals surface area contributed by atoms with Crippen molar-refractivity contribution in [2.45, 2.75) is 13.0 Å². The first-order chi connectivity index (χ1) is 9.33. The van der Waals surface area contributed by atoms with E-state index in [1.165, 1.54) is 17.4 Å². The molecule has 2 N–H and O–H groups in total. The van der Waals surface area contributed by atoms with Gasteiger partial charge in [-0.1, -0.05) is 6.07 Å². The summed E-state index contributed by atoms with van der Waals surface area (Å²) in [6.07, 6.45) is 2.39. The molecule has 5 heteroatoms. The zero-order valence-corrected chi connectivity index (χ0v) is 10.6. The number of nitrogens with one attached hydrogen (secondary N) is 2. The highest BCUT2D eigenvalue weighted by Gasteiger charge is 2.16. The van der Waals surface area contributed by atoms with Gasteiger partial charge in [0.2, 0.25) is 5.76 Å². The second-order valence-corrected chi connectivity index (χ2v) is 4.57. The lowest BCUT2D eigenvalue weighted by Gasteiger charge is -2.19. The molecule has 0 bridgehead atoms. The highest BCUT2D eigenvalue weighted by molar-refractivity contribution is 6.02. The molecular weight excluding hydrogens is 244 g/mol. The predicted octanol–water partition coefficient (Wildman–Crippen LogP) is 1.16. The van der Waals surface area contributed by atoms with E-state index in [-0.39, 0.29) is 11.7 Å². The van der Waals surface area contributed by atoms with Crippen molar-refractivity contribution >= 4 is 11.6 Å². The molecule has 0 radical (unpaired) electrons. The Morgan fingerprint density at radius 2 is 2.21 bits per heavy atom. The predicted molar refractivity (Wildman–Crippen MR) is 70.5 cm³/mol. The number of anilines is 1. The van der Waals surface area contributed by atoms with Gasteiger partial charge in [0.05, 0.1) is 0 Å². The van der Waals surface area contributed by atoms with Crippen molar-refractivity contribution in [3.05, 3.63) is 41.3 Å². The van der Waals surface area contributed by atoms with Crippen molar-refractivity contribution in [1.29, 1.82) is 0 Å². The Morgan fingerprint density at radius 3 is 3.05 bits per heavy atom.